The van der Waals surface area contributed by atoms with Gasteiger partial charge in [-0.05, 0) is 43.5 Å². The van der Waals surface area contributed by atoms with Crippen LogP contribution in [0.5, 0.6) is 5.75 Å². The molecule has 0 radical (unpaired) electrons. The van der Waals surface area contributed by atoms with Crippen LogP contribution in [-0.2, 0) is 11.3 Å². The van der Waals surface area contributed by atoms with Crippen LogP contribution < -0.4 is 20.5 Å². The Morgan fingerprint density at radius 1 is 1.23 bits per heavy atom. The predicted molar refractivity (Wildman–Crippen MR) is 101 cm³/mol. The lowest BCUT2D eigenvalue weighted by atomic mass is 10.1. The zero-order chi connectivity index (χ0) is 18.5. The number of halogens is 1. The minimum absolute atomic E-state index is 0.110. The Labute approximate surface area is 156 Å². The highest BCUT2D eigenvalue weighted by Gasteiger charge is 2.18. The first kappa shape index (κ1) is 18.3. The van der Waals surface area contributed by atoms with Crippen molar-refractivity contribution in [1.82, 2.24) is 9.78 Å². The molecule has 1 aromatic carbocycles. The van der Waals surface area contributed by atoms with Crippen LogP contribution in [-0.4, -0.2) is 35.9 Å². The first-order chi connectivity index (χ1) is 12.6. The molecule has 1 N–H and O–H groups in total. The van der Waals surface area contributed by atoms with Crippen molar-refractivity contribution in [2.24, 2.45) is 0 Å². The maximum Gasteiger partial charge on any atom is 0.288 e. The third kappa shape index (κ3) is 4.16. The molecular weight excluding hydrogens is 356 g/mol. The number of hydrogen-bond acceptors (Lipinski definition) is 5. The van der Waals surface area contributed by atoms with Gasteiger partial charge in [-0.2, -0.15) is 5.10 Å². The summed E-state index contributed by atoms with van der Waals surface area (Å²) in [4.78, 5) is 26.7. The van der Waals surface area contributed by atoms with Crippen molar-refractivity contribution in [1.29, 1.82) is 0 Å². The molecule has 1 aliphatic heterocycles. The number of carbonyl (C=O) groups is 1. The van der Waals surface area contributed by atoms with Crippen molar-refractivity contribution >= 4 is 28.9 Å². The number of amides is 1. The number of piperidine rings is 1. The molecule has 1 aromatic heterocycles. The van der Waals surface area contributed by atoms with Crippen molar-refractivity contribution < 1.29 is 9.53 Å². The van der Waals surface area contributed by atoms with Crippen molar-refractivity contribution in [3.8, 4) is 5.75 Å². The van der Waals surface area contributed by atoms with E-state index in [1.807, 2.05) is 0 Å². The smallest absolute Gasteiger partial charge is 0.288 e. The van der Waals surface area contributed by atoms with Gasteiger partial charge in [0.25, 0.3) is 5.56 Å². The van der Waals surface area contributed by atoms with Gasteiger partial charge in [-0.3, -0.25) is 9.59 Å². The number of carbonyl (C=O) groups excluding carboxylic acids is 1. The fourth-order valence-corrected chi connectivity index (χ4v) is 3.20. The van der Waals surface area contributed by atoms with Crippen LogP contribution in [0.25, 0.3) is 0 Å². The second-order valence-electron chi connectivity index (χ2n) is 6.13. The molecule has 1 saturated heterocycles. The first-order valence-electron chi connectivity index (χ1n) is 8.53. The van der Waals surface area contributed by atoms with E-state index in [1.165, 1.54) is 6.42 Å². The fraction of sp³-hybridized carbons (Fsp3) is 0.389. The Balaban J connectivity index is 1.69. The number of benzene rings is 1. The quantitative estimate of drug-likeness (QED) is 0.867. The van der Waals surface area contributed by atoms with E-state index >= 15 is 0 Å². The van der Waals surface area contributed by atoms with Gasteiger partial charge >= 0.3 is 0 Å². The highest BCUT2D eigenvalue weighted by molar-refractivity contribution is 6.33. The normalized spacial score (nSPS) is 14.2. The van der Waals surface area contributed by atoms with Crippen molar-refractivity contribution in [3.63, 3.8) is 0 Å². The maximum absolute atomic E-state index is 12.4. The first-order valence-corrected chi connectivity index (χ1v) is 8.91. The van der Waals surface area contributed by atoms with Crippen LogP contribution in [0, 0.1) is 0 Å². The SMILES string of the molecule is COc1ccc(NC(=O)Cn2ncc(N3CCCCC3)c(Cl)c2=O)cc1. The van der Waals surface area contributed by atoms with Crippen LogP contribution in [0.3, 0.4) is 0 Å². The molecular formula is C18H21ClN4O3. The van der Waals surface area contributed by atoms with E-state index < -0.39 is 5.56 Å². The maximum atomic E-state index is 12.4. The zero-order valence-corrected chi connectivity index (χ0v) is 15.3. The van der Waals surface area contributed by atoms with Gasteiger partial charge in [0.15, 0.2) is 0 Å². The lowest BCUT2D eigenvalue weighted by Gasteiger charge is -2.29. The van der Waals surface area contributed by atoms with Crippen molar-refractivity contribution in [3.05, 3.63) is 45.8 Å². The molecule has 1 amide bonds. The number of nitrogens with zero attached hydrogens (tertiary/aromatic N) is 3. The summed E-state index contributed by atoms with van der Waals surface area (Å²) in [5, 5.41) is 6.95. The van der Waals surface area contributed by atoms with E-state index in [2.05, 4.69) is 15.3 Å². The summed E-state index contributed by atoms with van der Waals surface area (Å²) in [7, 11) is 1.57. The number of nitrogens with one attached hydrogen (secondary N) is 1. The summed E-state index contributed by atoms with van der Waals surface area (Å²) in [6, 6.07) is 6.92. The summed E-state index contributed by atoms with van der Waals surface area (Å²) >= 11 is 6.25. The Morgan fingerprint density at radius 2 is 1.92 bits per heavy atom. The lowest BCUT2D eigenvalue weighted by molar-refractivity contribution is -0.117. The van der Waals surface area contributed by atoms with E-state index in [9.17, 15) is 9.59 Å². The van der Waals surface area contributed by atoms with Gasteiger partial charge in [-0.1, -0.05) is 11.6 Å². The molecule has 26 heavy (non-hydrogen) atoms. The molecule has 0 spiro atoms. The van der Waals surface area contributed by atoms with Gasteiger partial charge in [0, 0.05) is 18.8 Å². The second kappa shape index (κ2) is 8.23. The van der Waals surface area contributed by atoms with Crippen LogP contribution in [0.15, 0.2) is 35.3 Å². The minimum Gasteiger partial charge on any atom is -0.497 e. The second-order valence-corrected chi connectivity index (χ2v) is 6.51. The third-order valence-corrected chi connectivity index (χ3v) is 4.69. The topological polar surface area (TPSA) is 76.5 Å². The fourth-order valence-electron chi connectivity index (χ4n) is 2.94. The van der Waals surface area contributed by atoms with Crippen LogP contribution in [0.1, 0.15) is 19.3 Å². The average molecular weight is 377 g/mol. The standard InChI is InChI=1S/C18H21ClN4O3/c1-26-14-7-5-13(6-8-14)21-16(24)12-23-18(25)17(19)15(11-20-23)22-9-3-2-4-10-22/h5-8,11H,2-4,9-10,12H2,1H3,(H,21,24). The van der Waals surface area contributed by atoms with E-state index in [-0.39, 0.29) is 17.5 Å². The lowest BCUT2D eigenvalue weighted by Crippen LogP contribution is -2.34. The Bertz CT molecular complexity index is 829. The van der Waals surface area contributed by atoms with Crippen LogP contribution in [0.2, 0.25) is 5.02 Å². The molecule has 0 bridgehead atoms. The molecule has 1 aliphatic rings. The summed E-state index contributed by atoms with van der Waals surface area (Å²) in [5.41, 5.74) is 0.794. The van der Waals surface area contributed by atoms with Gasteiger partial charge in [0.05, 0.1) is 19.0 Å². The molecule has 7 nitrogen and oxygen atoms in total. The number of ether oxygens (including phenoxy) is 1. The Hall–Kier alpha value is -2.54. The van der Waals surface area contributed by atoms with E-state index in [0.29, 0.717) is 17.1 Å². The number of anilines is 2. The van der Waals surface area contributed by atoms with Gasteiger partial charge in [-0.15, -0.1) is 0 Å². The number of methoxy groups -OCH3 is 1. The van der Waals surface area contributed by atoms with Gasteiger partial charge in [-0.25, -0.2) is 4.68 Å². The molecule has 138 valence electrons. The molecule has 2 aromatic rings. The molecule has 0 aliphatic carbocycles. The summed E-state index contributed by atoms with van der Waals surface area (Å²) < 4.78 is 6.15. The number of hydrogen-bond donors (Lipinski definition) is 1. The highest BCUT2D eigenvalue weighted by Crippen LogP contribution is 2.24. The molecule has 0 saturated carbocycles. The van der Waals surface area contributed by atoms with Gasteiger partial charge in [0.1, 0.15) is 17.3 Å². The summed E-state index contributed by atoms with van der Waals surface area (Å²) in [5.74, 6) is 0.340. The number of aromatic nitrogens is 2. The van der Waals surface area contributed by atoms with E-state index in [4.69, 9.17) is 16.3 Å². The summed E-state index contributed by atoms with van der Waals surface area (Å²) in [6.07, 6.45) is 4.90. The number of rotatable bonds is 5. The largest absolute Gasteiger partial charge is 0.497 e. The average Bonchev–Trinajstić information content (AvgIpc) is 2.67. The predicted octanol–water partition coefficient (Wildman–Crippen LogP) is 2.53. The van der Waals surface area contributed by atoms with Gasteiger partial charge in [0.2, 0.25) is 5.91 Å². The Morgan fingerprint density at radius 3 is 2.58 bits per heavy atom. The van der Waals surface area contributed by atoms with Crippen molar-refractivity contribution in [2.75, 3.05) is 30.4 Å². The highest BCUT2D eigenvalue weighted by atomic mass is 35.5. The minimum atomic E-state index is -0.459. The summed E-state index contributed by atoms with van der Waals surface area (Å²) in [6.45, 7) is 1.52. The molecule has 0 unspecified atom stereocenters. The Kier molecular flexibility index (Phi) is 5.78. The van der Waals surface area contributed by atoms with Gasteiger partial charge < -0.3 is 15.0 Å². The molecule has 2 heterocycles. The van der Waals surface area contributed by atoms with E-state index in [1.54, 1.807) is 37.6 Å². The van der Waals surface area contributed by atoms with Crippen LogP contribution in [0.4, 0.5) is 11.4 Å². The molecule has 1 fully saturated rings. The van der Waals surface area contributed by atoms with E-state index in [0.717, 1.165) is 30.6 Å². The van der Waals surface area contributed by atoms with Crippen molar-refractivity contribution in [2.45, 2.75) is 25.8 Å². The molecule has 8 heteroatoms. The third-order valence-electron chi connectivity index (χ3n) is 4.33. The zero-order valence-electron chi connectivity index (χ0n) is 14.6. The van der Waals surface area contributed by atoms with Crippen LogP contribution >= 0.6 is 11.6 Å². The molecule has 3 rings (SSSR count). The molecule has 0 atom stereocenters. The monoisotopic (exact) mass is 376 g/mol.